The number of hydrogen-bond donors (Lipinski definition) is 2. The molecule has 8 heteroatoms. The molecule has 2 aliphatic rings. The Morgan fingerprint density at radius 1 is 1.15 bits per heavy atom. The first kappa shape index (κ1) is 20.4. The molecule has 1 aromatic rings. The molecular weight excluding hydrogens is 389 g/mol. The van der Waals surface area contributed by atoms with E-state index in [1.807, 2.05) is 4.90 Å². The lowest BCUT2D eigenvalue weighted by molar-refractivity contribution is -0.129. The highest BCUT2D eigenvalue weighted by molar-refractivity contribution is 6.42. The Balaban J connectivity index is 1.47. The molecule has 2 aliphatic heterocycles. The van der Waals surface area contributed by atoms with E-state index in [1.165, 1.54) is 6.07 Å². The van der Waals surface area contributed by atoms with Crippen molar-refractivity contribution in [2.24, 2.45) is 5.92 Å². The molecule has 0 spiro atoms. The topological polar surface area (TPSA) is 72.9 Å². The fourth-order valence-electron chi connectivity index (χ4n) is 3.85. The smallest absolute Gasteiger partial charge is 0.251 e. The van der Waals surface area contributed by atoms with Gasteiger partial charge in [0.2, 0.25) is 5.91 Å². The van der Waals surface area contributed by atoms with E-state index < -0.39 is 0 Å². The molecular formula is C19H25Cl2N3O3. The number of amides is 2. The number of piperidine rings is 1. The minimum Gasteiger partial charge on any atom is -0.396 e. The van der Waals surface area contributed by atoms with E-state index in [-0.39, 0.29) is 25.0 Å². The molecule has 2 amide bonds. The number of benzene rings is 1. The Morgan fingerprint density at radius 3 is 2.70 bits per heavy atom. The summed E-state index contributed by atoms with van der Waals surface area (Å²) in [6.45, 7) is 3.50. The number of nitrogens with one attached hydrogen (secondary N) is 1. The van der Waals surface area contributed by atoms with Crippen LogP contribution in [0.15, 0.2) is 18.2 Å². The van der Waals surface area contributed by atoms with Crippen LogP contribution in [0.2, 0.25) is 10.0 Å². The van der Waals surface area contributed by atoms with E-state index in [0.717, 1.165) is 32.4 Å². The number of carbonyl (C=O) groups excluding carboxylic acids is 2. The predicted molar refractivity (Wildman–Crippen MR) is 105 cm³/mol. The fourth-order valence-corrected chi connectivity index (χ4v) is 4.15. The van der Waals surface area contributed by atoms with E-state index in [1.54, 1.807) is 12.1 Å². The third-order valence-corrected chi connectivity index (χ3v) is 6.16. The highest BCUT2D eigenvalue weighted by Crippen LogP contribution is 2.24. The molecule has 0 aliphatic carbocycles. The van der Waals surface area contributed by atoms with Gasteiger partial charge in [0.05, 0.1) is 16.6 Å². The van der Waals surface area contributed by atoms with Crippen molar-refractivity contribution in [3.8, 4) is 0 Å². The second-order valence-corrected chi connectivity index (χ2v) is 8.09. The van der Waals surface area contributed by atoms with Gasteiger partial charge in [-0.05, 0) is 49.9 Å². The maximum absolute atomic E-state index is 12.5. The van der Waals surface area contributed by atoms with Crippen molar-refractivity contribution in [1.82, 2.24) is 15.1 Å². The monoisotopic (exact) mass is 413 g/mol. The van der Waals surface area contributed by atoms with Crippen LogP contribution in [0.3, 0.4) is 0 Å². The molecule has 2 fully saturated rings. The van der Waals surface area contributed by atoms with E-state index in [0.29, 0.717) is 40.7 Å². The predicted octanol–water partition coefficient (Wildman–Crippen LogP) is 2.03. The summed E-state index contributed by atoms with van der Waals surface area (Å²) in [5, 5.41) is 12.7. The van der Waals surface area contributed by atoms with Gasteiger partial charge in [-0.3, -0.25) is 14.5 Å². The fraction of sp³-hybridized carbons (Fsp3) is 0.579. The first-order valence-electron chi connectivity index (χ1n) is 9.34. The van der Waals surface area contributed by atoms with Crippen molar-refractivity contribution in [3.63, 3.8) is 0 Å². The SMILES string of the molecule is O=C(NCC(=O)N1CCC(N2CCCC(CO)C2)C1)c1ccc(Cl)c(Cl)c1. The largest absolute Gasteiger partial charge is 0.396 e. The lowest BCUT2D eigenvalue weighted by Crippen LogP contribution is -2.46. The van der Waals surface area contributed by atoms with Gasteiger partial charge in [-0.15, -0.1) is 0 Å². The van der Waals surface area contributed by atoms with Crippen LogP contribution < -0.4 is 5.32 Å². The molecule has 27 heavy (non-hydrogen) atoms. The number of nitrogens with zero attached hydrogens (tertiary/aromatic N) is 2. The van der Waals surface area contributed by atoms with Gasteiger partial charge in [-0.2, -0.15) is 0 Å². The number of carbonyl (C=O) groups is 2. The summed E-state index contributed by atoms with van der Waals surface area (Å²) in [6, 6.07) is 4.97. The van der Waals surface area contributed by atoms with Crippen LogP contribution in [-0.4, -0.2) is 72.1 Å². The Bertz CT molecular complexity index is 701. The number of likely N-dealkylation sites (tertiary alicyclic amines) is 2. The molecule has 0 radical (unpaired) electrons. The van der Waals surface area contributed by atoms with Crippen LogP contribution >= 0.6 is 23.2 Å². The number of rotatable bonds is 5. The van der Waals surface area contributed by atoms with Crippen molar-refractivity contribution in [2.45, 2.75) is 25.3 Å². The molecule has 6 nitrogen and oxygen atoms in total. The summed E-state index contributed by atoms with van der Waals surface area (Å²) in [7, 11) is 0. The molecule has 3 rings (SSSR count). The summed E-state index contributed by atoms with van der Waals surface area (Å²) in [6.07, 6.45) is 3.10. The molecule has 2 atom stereocenters. The Hall–Kier alpha value is -1.34. The molecule has 2 unspecified atom stereocenters. The minimum atomic E-state index is -0.348. The van der Waals surface area contributed by atoms with Crippen LogP contribution in [0.4, 0.5) is 0 Å². The molecule has 2 N–H and O–H groups in total. The van der Waals surface area contributed by atoms with E-state index >= 15 is 0 Å². The van der Waals surface area contributed by atoms with Crippen molar-refractivity contribution in [3.05, 3.63) is 33.8 Å². The van der Waals surface area contributed by atoms with Crippen LogP contribution in [-0.2, 0) is 4.79 Å². The van der Waals surface area contributed by atoms with E-state index in [9.17, 15) is 14.7 Å². The quantitative estimate of drug-likeness (QED) is 0.774. The molecule has 0 aromatic heterocycles. The van der Waals surface area contributed by atoms with Crippen molar-refractivity contribution < 1.29 is 14.7 Å². The third kappa shape index (κ3) is 5.13. The van der Waals surface area contributed by atoms with Gasteiger partial charge < -0.3 is 15.3 Å². The second kappa shape index (κ2) is 9.24. The van der Waals surface area contributed by atoms with Crippen LogP contribution in [0.5, 0.6) is 0 Å². The standard InChI is InChI=1S/C19H25Cl2N3O3/c20-16-4-3-14(8-17(16)21)19(27)22-9-18(26)24-7-5-15(11-24)23-6-1-2-13(10-23)12-25/h3-4,8,13,15,25H,1-2,5-7,9-12H2,(H,22,27). The van der Waals surface area contributed by atoms with E-state index in [4.69, 9.17) is 23.2 Å². The number of aliphatic hydroxyl groups is 1. The van der Waals surface area contributed by atoms with E-state index in [2.05, 4.69) is 10.2 Å². The van der Waals surface area contributed by atoms with Crippen LogP contribution in [0.25, 0.3) is 0 Å². The second-order valence-electron chi connectivity index (χ2n) is 7.28. The average Bonchev–Trinajstić information content (AvgIpc) is 3.18. The maximum atomic E-state index is 12.5. The minimum absolute atomic E-state index is 0.0366. The summed E-state index contributed by atoms with van der Waals surface area (Å²) < 4.78 is 0. The summed E-state index contributed by atoms with van der Waals surface area (Å²) in [5.74, 6) is -0.0879. The van der Waals surface area contributed by atoms with Crippen LogP contribution in [0, 0.1) is 5.92 Å². The van der Waals surface area contributed by atoms with Gasteiger partial charge in [-0.1, -0.05) is 23.2 Å². The van der Waals surface area contributed by atoms with Crippen molar-refractivity contribution in [1.29, 1.82) is 0 Å². The van der Waals surface area contributed by atoms with Gasteiger partial charge in [-0.25, -0.2) is 0 Å². The van der Waals surface area contributed by atoms with Gasteiger partial charge in [0.1, 0.15) is 0 Å². The molecule has 0 saturated carbocycles. The average molecular weight is 414 g/mol. The first-order valence-corrected chi connectivity index (χ1v) is 10.1. The number of hydrogen-bond acceptors (Lipinski definition) is 4. The maximum Gasteiger partial charge on any atom is 0.251 e. The van der Waals surface area contributed by atoms with Gasteiger partial charge in [0.25, 0.3) is 5.91 Å². The highest BCUT2D eigenvalue weighted by Gasteiger charge is 2.32. The zero-order valence-corrected chi connectivity index (χ0v) is 16.7. The Kier molecular flexibility index (Phi) is 6.98. The molecule has 0 bridgehead atoms. The first-order chi connectivity index (χ1) is 13.0. The molecule has 2 saturated heterocycles. The van der Waals surface area contributed by atoms with Crippen LogP contribution in [0.1, 0.15) is 29.6 Å². The van der Waals surface area contributed by atoms with Crippen molar-refractivity contribution in [2.75, 3.05) is 39.3 Å². The third-order valence-electron chi connectivity index (χ3n) is 5.42. The van der Waals surface area contributed by atoms with Gasteiger partial charge in [0, 0.05) is 37.8 Å². The molecule has 1 aromatic carbocycles. The Morgan fingerprint density at radius 2 is 1.96 bits per heavy atom. The summed E-state index contributed by atoms with van der Waals surface area (Å²) >= 11 is 11.8. The van der Waals surface area contributed by atoms with Gasteiger partial charge >= 0.3 is 0 Å². The van der Waals surface area contributed by atoms with Crippen molar-refractivity contribution >= 4 is 35.0 Å². The lowest BCUT2D eigenvalue weighted by atomic mass is 9.97. The number of aliphatic hydroxyl groups excluding tert-OH is 1. The lowest BCUT2D eigenvalue weighted by Gasteiger charge is -2.36. The zero-order valence-electron chi connectivity index (χ0n) is 15.2. The summed E-state index contributed by atoms with van der Waals surface area (Å²) in [4.78, 5) is 28.9. The highest BCUT2D eigenvalue weighted by atomic mass is 35.5. The molecule has 2 heterocycles. The number of halogens is 2. The summed E-state index contributed by atoms with van der Waals surface area (Å²) in [5.41, 5.74) is 0.375. The zero-order chi connectivity index (χ0) is 19.4. The normalized spacial score (nSPS) is 23.4. The molecule has 148 valence electrons. The van der Waals surface area contributed by atoms with Gasteiger partial charge in [0.15, 0.2) is 0 Å². The Labute approximate surface area is 169 Å².